The van der Waals surface area contributed by atoms with Crippen molar-refractivity contribution in [2.75, 3.05) is 18.8 Å². The molecule has 1 aromatic carbocycles. The van der Waals surface area contributed by atoms with E-state index in [1.165, 1.54) is 21.8 Å². The molecule has 3 heterocycles. The molecule has 1 unspecified atom stereocenters. The lowest BCUT2D eigenvalue weighted by atomic mass is 9.84. The van der Waals surface area contributed by atoms with Crippen molar-refractivity contribution >= 4 is 27.1 Å². The molecule has 8 heteroatoms. The van der Waals surface area contributed by atoms with Crippen LogP contribution in [0.2, 0.25) is 0 Å². The SMILES string of the molecule is CCS(=O)(=O)c1ccc(CN2CCC3(CC2)OC(C)Cc2cc(C(N)=O)sc23)cc1. The predicted octanol–water partition coefficient (Wildman–Crippen LogP) is 3.09. The molecule has 2 aliphatic heterocycles. The second-order valence-corrected chi connectivity index (χ2v) is 11.6. The first kappa shape index (κ1) is 21.5. The number of benzene rings is 1. The van der Waals surface area contributed by atoms with Gasteiger partial charge in [-0.15, -0.1) is 11.3 Å². The average molecular weight is 449 g/mol. The van der Waals surface area contributed by atoms with E-state index in [0.717, 1.165) is 44.5 Å². The Kier molecular flexibility index (Phi) is 5.78. The van der Waals surface area contributed by atoms with Gasteiger partial charge in [-0.05, 0) is 55.5 Å². The normalized spacial score (nSPS) is 21.5. The standard InChI is InChI=1S/C22H28N2O4S2/c1-3-30(26,27)18-6-4-16(5-7-18)14-24-10-8-22(9-11-24)20-17(12-15(2)28-22)13-19(29-20)21(23)25/h4-7,13,15H,3,8-12,14H2,1-2H3,(H2,23,25). The summed E-state index contributed by atoms with van der Waals surface area (Å²) in [5, 5.41) is 0. The summed E-state index contributed by atoms with van der Waals surface area (Å²) in [7, 11) is -3.17. The fraction of sp³-hybridized carbons (Fsp3) is 0.500. The number of hydrogen-bond acceptors (Lipinski definition) is 6. The summed E-state index contributed by atoms with van der Waals surface area (Å²) in [6, 6.07) is 9.16. The Bertz CT molecular complexity index is 1040. The van der Waals surface area contributed by atoms with Crippen LogP contribution in [0.3, 0.4) is 0 Å². The third-order valence-electron chi connectivity index (χ3n) is 6.13. The summed E-state index contributed by atoms with van der Waals surface area (Å²) in [6.07, 6.45) is 2.67. The van der Waals surface area contributed by atoms with Gasteiger partial charge in [-0.25, -0.2) is 8.42 Å². The molecule has 2 N–H and O–H groups in total. The Morgan fingerprint density at radius 1 is 1.27 bits per heavy atom. The molecule has 0 aliphatic carbocycles. The summed E-state index contributed by atoms with van der Waals surface area (Å²) < 4.78 is 30.4. The van der Waals surface area contributed by atoms with Gasteiger partial charge in [0, 0.05) is 24.5 Å². The monoisotopic (exact) mass is 448 g/mol. The molecule has 1 amide bonds. The van der Waals surface area contributed by atoms with Gasteiger partial charge in [-0.3, -0.25) is 9.69 Å². The number of amides is 1. The number of sulfone groups is 1. The zero-order valence-corrected chi connectivity index (χ0v) is 19.0. The number of thiophene rings is 1. The van der Waals surface area contributed by atoms with Crippen LogP contribution in [0.1, 0.15) is 52.4 Å². The summed E-state index contributed by atoms with van der Waals surface area (Å²) in [5.74, 6) is -0.260. The lowest BCUT2D eigenvalue weighted by molar-refractivity contribution is -0.131. The van der Waals surface area contributed by atoms with Gasteiger partial charge >= 0.3 is 0 Å². The molecule has 0 saturated carbocycles. The van der Waals surface area contributed by atoms with E-state index < -0.39 is 9.84 Å². The van der Waals surface area contributed by atoms with Crippen LogP contribution in [-0.2, 0) is 33.1 Å². The molecule has 1 aromatic heterocycles. The van der Waals surface area contributed by atoms with Crippen molar-refractivity contribution in [3.8, 4) is 0 Å². The van der Waals surface area contributed by atoms with Gasteiger partial charge in [0.05, 0.1) is 21.6 Å². The van der Waals surface area contributed by atoms with Crippen LogP contribution in [-0.4, -0.2) is 44.2 Å². The molecule has 162 valence electrons. The maximum absolute atomic E-state index is 12.0. The van der Waals surface area contributed by atoms with Crippen molar-refractivity contribution in [1.82, 2.24) is 4.90 Å². The molecule has 2 aromatic rings. The van der Waals surface area contributed by atoms with Crippen molar-refractivity contribution in [2.45, 2.75) is 56.3 Å². The minimum absolute atomic E-state index is 0.112. The van der Waals surface area contributed by atoms with E-state index in [1.54, 1.807) is 19.1 Å². The number of carbonyl (C=O) groups is 1. The number of carbonyl (C=O) groups excluding carboxylic acids is 1. The Balaban J connectivity index is 1.46. The van der Waals surface area contributed by atoms with E-state index in [2.05, 4.69) is 11.8 Å². The van der Waals surface area contributed by atoms with E-state index in [9.17, 15) is 13.2 Å². The third kappa shape index (κ3) is 4.06. The van der Waals surface area contributed by atoms with E-state index in [-0.39, 0.29) is 23.4 Å². The summed E-state index contributed by atoms with van der Waals surface area (Å²) in [6.45, 7) is 6.29. The van der Waals surface area contributed by atoms with Gasteiger partial charge < -0.3 is 10.5 Å². The highest BCUT2D eigenvalue weighted by atomic mass is 32.2. The molecule has 0 radical (unpaired) electrons. The van der Waals surface area contributed by atoms with Crippen LogP contribution >= 0.6 is 11.3 Å². The number of likely N-dealkylation sites (tertiary alicyclic amines) is 1. The first-order valence-electron chi connectivity index (χ1n) is 10.4. The molecule has 30 heavy (non-hydrogen) atoms. The summed E-state index contributed by atoms with van der Waals surface area (Å²) >= 11 is 1.49. The number of nitrogens with zero attached hydrogens (tertiary/aromatic N) is 1. The second kappa shape index (κ2) is 8.07. The highest BCUT2D eigenvalue weighted by Gasteiger charge is 2.44. The smallest absolute Gasteiger partial charge is 0.258 e. The van der Waals surface area contributed by atoms with Crippen molar-refractivity contribution in [1.29, 1.82) is 0 Å². The Morgan fingerprint density at radius 2 is 1.93 bits per heavy atom. The van der Waals surface area contributed by atoms with Crippen molar-refractivity contribution < 1.29 is 17.9 Å². The van der Waals surface area contributed by atoms with Gasteiger partial charge in [0.2, 0.25) is 0 Å². The van der Waals surface area contributed by atoms with Gasteiger partial charge in [0.25, 0.3) is 5.91 Å². The van der Waals surface area contributed by atoms with E-state index in [1.807, 2.05) is 18.2 Å². The predicted molar refractivity (Wildman–Crippen MR) is 117 cm³/mol. The van der Waals surface area contributed by atoms with Crippen LogP contribution < -0.4 is 5.73 Å². The second-order valence-electron chi connectivity index (χ2n) is 8.28. The molecule has 1 atom stereocenters. The molecular weight excluding hydrogens is 420 g/mol. The number of primary amides is 1. The van der Waals surface area contributed by atoms with Gasteiger partial charge in [-0.1, -0.05) is 19.1 Å². The molecule has 1 saturated heterocycles. The van der Waals surface area contributed by atoms with Gasteiger partial charge in [-0.2, -0.15) is 0 Å². The molecule has 6 nitrogen and oxygen atoms in total. The lowest BCUT2D eigenvalue weighted by Gasteiger charge is -2.45. The van der Waals surface area contributed by atoms with Crippen LogP contribution in [0.4, 0.5) is 0 Å². The maximum Gasteiger partial charge on any atom is 0.258 e. The third-order valence-corrected chi connectivity index (χ3v) is 9.26. The topological polar surface area (TPSA) is 89.7 Å². The number of hydrogen-bond donors (Lipinski definition) is 1. The van der Waals surface area contributed by atoms with Gasteiger partial charge in [0.15, 0.2) is 9.84 Å². The first-order chi connectivity index (χ1) is 14.2. The summed E-state index contributed by atoms with van der Waals surface area (Å²) in [4.78, 5) is 16.2. The zero-order chi connectivity index (χ0) is 21.5. The van der Waals surface area contributed by atoms with Crippen molar-refractivity contribution in [3.05, 3.63) is 51.2 Å². The Hall–Kier alpha value is -1.74. The van der Waals surface area contributed by atoms with E-state index in [4.69, 9.17) is 10.5 Å². The van der Waals surface area contributed by atoms with Crippen LogP contribution in [0.25, 0.3) is 0 Å². The Morgan fingerprint density at radius 3 is 2.53 bits per heavy atom. The molecular formula is C22H28N2O4S2. The molecule has 2 aliphatic rings. The van der Waals surface area contributed by atoms with Crippen LogP contribution in [0.15, 0.2) is 35.2 Å². The fourth-order valence-electron chi connectivity index (χ4n) is 4.52. The largest absolute Gasteiger partial charge is 0.366 e. The highest BCUT2D eigenvalue weighted by molar-refractivity contribution is 7.91. The number of nitrogens with two attached hydrogens (primary N) is 1. The van der Waals surface area contributed by atoms with Crippen molar-refractivity contribution in [2.24, 2.45) is 5.73 Å². The first-order valence-corrected chi connectivity index (χ1v) is 12.8. The minimum atomic E-state index is -3.17. The van der Waals surface area contributed by atoms with E-state index >= 15 is 0 Å². The summed E-state index contributed by atoms with van der Waals surface area (Å²) in [5.41, 5.74) is 7.49. The van der Waals surface area contributed by atoms with Crippen LogP contribution in [0, 0.1) is 0 Å². The minimum Gasteiger partial charge on any atom is -0.366 e. The van der Waals surface area contributed by atoms with Gasteiger partial charge in [0.1, 0.15) is 5.60 Å². The lowest BCUT2D eigenvalue weighted by Crippen LogP contribution is -2.47. The zero-order valence-electron chi connectivity index (χ0n) is 17.4. The molecule has 1 spiro atoms. The molecule has 0 bridgehead atoms. The fourth-order valence-corrected chi connectivity index (χ4v) is 6.64. The molecule has 1 fully saturated rings. The van der Waals surface area contributed by atoms with Crippen LogP contribution in [0.5, 0.6) is 0 Å². The number of fused-ring (bicyclic) bond motifs is 2. The number of rotatable bonds is 5. The number of ether oxygens (including phenoxy) is 1. The average Bonchev–Trinajstić information content (AvgIpc) is 3.15. The maximum atomic E-state index is 12.0. The molecule has 4 rings (SSSR count). The highest BCUT2D eigenvalue weighted by Crippen LogP contribution is 2.47. The number of piperidine rings is 1. The van der Waals surface area contributed by atoms with E-state index in [0.29, 0.717) is 9.77 Å². The van der Waals surface area contributed by atoms with Crippen molar-refractivity contribution in [3.63, 3.8) is 0 Å². The Labute approximate surface area is 181 Å². The quantitative estimate of drug-likeness (QED) is 0.759.